The Kier molecular flexibility index (Phi) is 7.02. The van der Waals surface area contributed by atoms with Gasteiger partial charge in [0.1, 0.15) is 28.0 Å². The van der Waals surface area contributed by atoms with E-state index in [0.29, 0.717) is 27.0 Å². The fourth-order valence-electron chi connectivity index (χ4n) is 2.60. The first kappa shape index (κ1) is 20.2. The first-order valence-electron chi connectivity index (χ1n) is 8.28. The molecule has 2 aromatic rings. The number of ether oxygens (including phenoxy) is 1. The van der Waals surface area contributed by atoms with Crippen LogP contribution in [0.2, 0.25) is 5.02 Å². The molecule has 1 aromatic heterocycles. The first-order chi connectivity index (χ1) is 12.4. The fourth-order valence-corrected chi connectivity index (χ4v) is 3.76. The van der Waals surface area contributed by atoms with E-state index in [9.17, 15) is 9.59 Å². The highest BCUT2D eigenvalue weighted by Crippen LogP contribution is 2.31. The number of carbonyl (C=O) groups excluding carboxylic acids is 2. The summed E-state index contributed by atoms with van der Waals surface area (Å²) in [6.45, 7) is 4.44. The molecule has 26 heavy (non-hydrogen) atoms. The number of hydrogen-bond acceptors (Lipinski definition) is 5. The van der Waals surface area contributed by atoms with E-state index in [-0.39, 0.29) is 24.1 Å². The molecule has 0 aliphatic heterocycles. The second-order valence-electron chi connectivity index (χ2n) is 5.73. The molecule has 5 N–H and O–H groups in total. The standard InChI is InChI=1S/C18H22ClN3O3S/c1-4-25-18(24)14-13(15(17(23)21-3)26-16(14)20)9-22-10(2)11-5-7-12(19)8-6-11/h5-8,10,22H,4,9,20H2,1-3H3,(H,21,23)/p+1/t10-/m0/s1. The average molecular weight is 397 g/mol. The molecule has 0 saturated heterocycles. The van der Waals surface area contributed by atoms with Crippen molar-refractivity contribution in [2.24, 2.45) is 0 Å². The van der Waals surface area contributed by atoms with Crippen molar-refractivity contribution in [3.8, 4) is 0 Å². The van der Waals surface area contributed by atoms with Gasteiger partial charge in [0.2, 0.25) is 0 Å². The van der Waals surface area contributed by atoms with E-state index in [4.69, 9.17) is 22.1 Å². The van der Waals surface area contributed by atoms with Crippen molar-refractivity contribution < 1.29 is 19.6 Å². The number of hydrogen-bond donors (Lipinski definition) is 3. The summed E-state index contributed by atoms with van der Waals surface area (Å²) in [4.78, 5) is 24.9. The van der Waals surface area contributed by atoms with E-state index in [1.54, 1.807) is 14.0 Å². The Bertz CT molecular complexity index is 790. The summed E-state index contributed by atoms with van der Waals surface area (Å²) in [7, 11) is 1.55. The zero-order valence-corrected chi connectivity index (χ0v) is 16.5. The molecular weight excluding hydrogens is 374 g/mol. The number of nitrogens with two attached hydrogens (primary N) is 2. The lowest BCUT2D eigenvalue weighted by Crippen LogP contribution is -2.83. The minimum Gasteiger partial charge on any atom is -0.462 e. The summed E-state index contributed by atoms with van der Waals surface area (Å²) in [5.74, 6) is -0.765. The number of nitrogens with one attached hydrogen (secondary N) is 1. The molecule has 0 radical (unpaired) electrons. The van der Waals surface area contributed by atoms with Gasteiger partial charge in [0.15, 0.2) is 0 Å². The van der Waals surface area contributed by atoms with Crippen molar-refractivity contribution in [2.75, 3.05) is 19.4 Å². The SMILES string of the molecule is CCOC(=O)c1c(N)sc(C(=O)NC)c1C[NH2+][C@@H](C)c1ccc(Cl)cc1. The molecule has 8 heteroatoms. The minimum absolute atomic E-state index is 0.112. The second kappa shape index (κ2) is 9.02. The molecule has 2 rings (SSSR count). The number of esters is 1. The van der Waals surface area contributed by atoms with Crippen LogP contribution >= 0.6 is 22.9 Å². The number of nitrogen functional groups attached to an aromatic ring is 1. The Morgan fingerprint density at radius 3 is 2.58 bits per heavy atom. The maximum atomic E-state index is 12.3. The highest BCUT2D eigenvalue weighted by molar-refractivity contribution is 7.18. The van der Waals surface area contributed by atoms with Crippen molar-refractivity contribution >= 4 is 39.8 Å². The first-order valence-corrected chi connectivity index (χ1v) is 9.47. The second-order valence-corrected chi connectivity index (χ2v) is 7.22. The monoisotopic (exact) mass is 396 g/mol. The molecule has 0 aliphatic carbocycles. The van der Waals surface area contributed by atoms with Crippen LogP contribution in [0.1, 0.15) is 51.0 Å². The number of rotatable bonds is 7. The maximum absolute atomic E-state index is 12.3. The van der Waals surface area contributed by atoms with E-state index in [1.807, 2.05) is 36.5 Å². The molecule has 1 heterocycles. The average Bonchev–Trinajstić information content (AvgIpc) is 2.96. The zero-order valence-electron chi connectivity index (χ0n) is 15.0. The van der Waals surface area contributed by atoms with Crippen molar-refractivity contribution in [1.82, 2.24) is 5.32 Å². The summed E-state index contributed by atoms with van der Waals surface area (Å²) in [5, 5.41) is 5.61. The smallest absolute Gasteiger partial charge is 0.341 e. The molecule has 0 saturated carbocycles. The number of anilines is 1. The van der Waals surface area contributed by atoms with Crippen LogP contribution in [0.25, 0.3) is 0 Å². The van der Waals surface area contributed by atoms with Crippen LogP contribution < -0.4 is 16.4 Å². The largest absolute Gasteiger partial charge is 0.462 e. The lowest BCUT2D eigenvalue weighted by atomic mass is 10.1. The fraction of sp³-hybridized carbons (Fsp3) is 0.333. The topological polar surface area (TPSA) is 98.0 Å². The molecule has 6 nitrogen and oxygen atoms in total. The molecule has 0 spiro atoms. The number of halogens is 1. The van der Waals surface area contributed by atoms with E-state index < -0.39 is 5.97 Å². The van der Waals surface area contributed by atoms with Crippen LogP contribution in [0, 0.1) is 0 Å². The van der Waals surface area contributed by atoms with Crippen molar-refractivity contribution in [2.45, 2.75) is 26.4 Å². The van der Waals surface area contributed by atoms with Crippen molar-refractivity contribution in [3.63, 3.8) is 0 Å². The Labute approximate surface area is 161 Å². The van der Waals surface area contributed by atoms with Gasteiger partial charge in [0.05, 0.1) is 6.61 Å². The van der Waals surface area contributed by atoms with E-state index >= 15 is 0 Å². The minimum atomic E-state index is -0.501. The van der Waals surface area contributed by atoms with Crippen LogP contribution in [-0.4, -0.2) is 25.5 Å². The van der Waals surface area contributed by atoms with Crippen molar-refractivity contribution in [1.29, 1.82) is 0 Å². The molecule has 0 unspecified atom stereocenters. The molecule has 0 bridgehead atoms. The highest BCUT2D eigenvalue weighted by Gasteiger charge is 2.28. The third kappa shape index (κ3) is 4.55. The summed E-state index contributed by atoms with van der Waals surface area (Å²) < 4.78 is 5.11. The Morgan fingerprint density at radius 2 is 2.00 bits per heavy atom. The van der Waals surface area contributed by atoms with Gasteiger partial charge in [-0.25, -0.2) is 4.79 Å². The molecule has 0 aliphatic rings. The maximum Gasteiger partial charge on any atom is 0.341 e. The lowest BCUT2D eigenvalue weighted by molar-refractivity contribution is -0.707. The van der Waals surface area contributed by atoms with Gasteiger partial charge in [0.25, 0.3) is 5.91 Å². The van der Waals surface area contributed by atoms with Gasteiger partial charge in [-0.3, -0.25) is 4.79 Å². The molecule has 0 fully saturated rings. The Morgan fingerprint density at radius 1 is 1.35 bits per heavy atom. The molecular formula is C18H23ClN3O3S+. The normalized spacial score (nSPS) is 11.8. The summed E-state index contributed by atoms with van der Waals surface area (Å²) >= 11 is 7.04. The predicted octanol–water partition coefficient (Wildman–Crippen LogP) is 2.34. The Hall–Kier alpha value is -2.09. The number of quaternary nitrogens is 1. The van der Waals surface area contributed by atoms with Gasteiger partial charge < -0.3 is 21.1 Å². The van der Waals surface area contributed by atoms with Crippen LogP contribution in [-0.2, 0) is 11.3 Å². The third-order valence-electron chi connectivity index (χ3n) is 4.02. The summed E-state index contributed by atoms with van der Waals surface area (Å²) in [6.07, 6.45) is 0. The van der Waals surface area contributed by atoms with Gasteiger partial charge in [-0.05, 0) is 26.0 Å². The summed E-state index contributed by atoms with van der Waals surface area (Å²) in [6, 6.07) is 7.70. The van der Waals surface area contributed by atoms with Gasteiger partial charge in [-0.2, -0.15) is 0 Å². The number of carbonyl (C=O) groups is 2. The van der Waals surface area contributed by atoms with Crippen molar-refractivity contribution in [3.05, 3.63) is 50.9 Å². The van der Waals surface area contributed by atoms with Crippen LogP contribution in [0.4, 0.5) is 5.00 Å². The molecule has 1 atom stereocenters. The van der Waals surface area contributed by atoms with E-state index in [1.165, 1.54) is 0 Å². The van der Waals surface area contributed by atoms with Crippen LogP contribution in [0.15, 0.2) is 24.3 Å². The number of thiophene rings is 1. The molecule has 140 valence electrons. The molecule has 1 aromatic carbocycles. The Balaban J connectivity index is 2.29. The van der Waals surface area contributed by atoms with E-state index in [2.05, 4.69) is 5.32 Å². The van der Waals surface area contributed by atoms with Crippen LogP contribution in [0.5, 0.6) is 0 Å². The van der Waals surface area contributed by atoms with Gasteiger partial charge >= 0.3 is 5.97 Å². The summed E-state index contributed by atoms with van der Waals surface area (Å²) in [5.41, 5.74) is 7.99. The zero-order chi connectivity index (χ0) is 19.3. The quantitative estimate of drug-likeness (QED) is 0.625. The predicted molar refractivity (Wildman–Crippen MR) is 104 cm³/mol. The third-order valence-corrected chi connectivity index (χ3v) is 5.33. The number of amides is 1. The van der Waals surface area contributed by atoms with Gasteiger partial charge in [-0.15, -0.1) is 11.3 Å². The highest BCUT2D eigenvalue weighted by atomic mass is 35.5. The van der Waals surface area contributed by atoms with E-state index in [0.717, 1.165) is 16.9 Å². The van der Waals surface area contributed by atoms with Gasteiger partial charge in [-0.1, -0.05) is 23.7 Å². The van der Waals surface area contributed by atoms with Crippen LogP contribution in [0.3, 0.4) is 0 Å². The molecule has 1 amide bonds. The lowest BCUT2D eigenvalue weighted by Gasteiger charge is -2.13. The number of benzene rings is 1. The van der Waals surface area contributed by atoms with Gasteiger partial charge in [0, 0.05) is 23.2 Å².